The molecule has 0 aromatic heterocycles. The second kappa shape index (κ2) is 5.50. The molecule has 0 aliphatic heterocycles. The summed E-state index contributed by atoms with van der Waals surface area (Å²) in [5.74, 6) is 0. The standard InChI is InChI=1S/C18H28O/c1-13(8-9-19)14-10-15(17(2,3)4)12-16(11-14)18(5,6)7/h8,10-12,19H,9H2,1-7H3. The van der Waals surface area contributed by atoms with Crippen molar-refractivity contribution in [2.75, 3.05) is 6.61 Å². The third-order valence-electron chi connectivity index (χ3n) is 3.52. The SMILES string of the molecule is CC(=CCO)c1cc(C(C)(C)C)cc(C(C)(C)C)c1. The van der Waals surface area contributed by atoms with Crippen molar-refractivity contribution in [2.45, 2.75) is 59.3 Å². The van der Waals surface area contributed by atoms with Crippen LogP contribution >= 0.6 is 0 Å². The predicted octanol–water partition coefficient (Wildman–Crippen LogP) is 4.68. The summed E-state index contributed by atoms with van der Waals surface area (Å²) in [5.41, 5.74) is 5.32. The highest BCUT2D eigenvalue weighted by molar-refractivity contribution is 5.65. The first-order valence-corrected chi connectivity index (χ1v) is 7.00. The highest BCUT2D eigenvalue weighted by Crippen LogP contribution is 2.32. The van der Waals surface area contributed by atoms with Gasteiger partial charge in [-0.1, -0.05) is 65.8 Å². The van der Waals surface area contributed by atoms with Crippen molar-refractivity contribution in [2.24, 2.45) is 0 Å². The number of hydrogen-bond acceptors (Lipinski definition) is 1. The molecule has 1 nitrogen and oxygen atoms in total. The summed E-state index contributed by atoms with van der Waals surface area (Å²) in [6.45, 7) is 15.6. The molecule has 106 valence electrons. The Labute approximate surface area is 118 Å². The van der Waals surface area contributed by atoms with E-state index in [1.807, 2.05) is 6.08 Å². The van der Waals surface area contributed by atoms with Crippen LogP contribution in [0.3, 0.4) is 0 Å². The molecule has 0 saturated heterocycles. The fraction of sp³-hybridized carbons (Fsp3) is 0.556. The molecule has 0 fully saturated rings. The molecule has 1 heteroatoms. The van der Waals surface area contributed by atoms with Crippen LogP contribution in [0.25, 0.3) is 5.57 Å². The molecular weight excluding hydrogens is 232 g/mol. The van der Waals surface area contributed by atoms with Gasteiger partial charge in [-0.2, -0.15) is 0 Å². The van der Waals surface area contributed by atoms with Gasteiger partial charge in [0.1, 0.15) is 0 Å². The van der Waals surface area contributed by atoms with Gasteiger partial charge < -0.3 is 5.11 Å². The van der Waals surface area contributed by atoms with Gasteiger partial charge in [-0.25, -0.2) is 0 Å². The van der Waals surface area contributed by atoms with Gasteiger partial charge >= 0.3 is 0 Å². The normalized spacial score (nSPS) is 13.8. The van der Waals surface area contributed by atoms with Gasteiger partial charge in [-0.3, -0.25) is 0 Å². The summed E-state index contributed by atoms with van der Waals surface area (Å²) in [7, 11) is 0. The van der Waals surface area contributed by atoms with Gasteiger partial charge in [-0.05, 0) is 40.0 Å². The van der Waals surface area contributed by atoms with Crippen molar-refractivity contribution in [3.8, 4) is 0 Å². The molecule has 0 atom stereocenters. The molecular formula is C18H28O. The van der Waals surface area contributed by atoms with E-state index in [2.05, 4.69) is 66.7 Å². The third kappa shape index (κ3) is 4.21. The van der Waals surface area contributed by atoms with Crippen molar-refractivity contribution in [3.63, 3.8) is 0 Å². The molecule has 0 radical (unpaired) electrons. The number of allylic oxidation sites excluding steroid dienone is 1. The Bertz CT molecular complexity index is 435. The molecule has 1 aromatic rings. The van der Waals surface area contributed by atoms with E-state index in [4.69, 9.17) is 5.11 Å². The zero-order valence-electron chi connectivity index (χ0n) is 13.5. The maximum absolute atomic E-state index is 9.08. The van der Waals surface area contributed by atoms with E-state index in [1.165, 1.54) is 16.7 Å². The minimum atomic E-state index is 0.0937. The molecule has 0 unspecified atom stereocenters. The van der Waals surface area contributed by atoms with Crippen molar-refractivity contribution in [1.29, 1.82) is 0 Å². The highest BCUT2D eigenvalue weighted by Gasteiger charge is 2.20. The van der Waals surface area contributed by atoms with E-state index in [9.17, 15) is 0 Å². The van der Waals surface area contributed by atoms with Gasteiger partial charge in [0, 0.05) is 0 Å². The van der Waals surface area contributed by atoms with Gasteiger partial charge in [0.2, 0.25) is 0 Å². The average Bonchev–Trinajstić information content (AvgIpc) is 2.26. The molecule has 0 bridgehead atoms. The second-order valence-electron chi connectivity index (χ2n) is 7.37. The first-order chi connectivity index (χ1) is 8.55. The maximum atomic E-state index is 9.08. The van der Waals surface area contributed by atoms with Crippen LogP contribution in [-0.4, -0.2) is 11.7 Å². The average molecular weight is 260 g/mol. The predicted molar refractivity (Wildman–Crippen MR) is 84.6 cm³/mol. The quantitative estimate of drug-likeness (QED) is 0.818. The summed E-state index contributed by atoms with van der Waals surface area (Å²) in [6.07, 6.45) is 1.87. The number of aliphatic hydroxyl groups excluding tert-OH is 1. The van der Waals surface area contributed by atoms with E-state index < -0.39 is 0 Å². The summed E-state index contributed by atoms with van der Waals surface area (Å²) >= 11 is 0. The summed E-state index contributed by atoms with van der Waals surface area (Å²) in [4.78, 5) is 0. The van der Waals surface area contributed by atoms with E-state index in [1.54, 1.807) is 0 Å². The second-order valence-corrected chi connectivity index (χ2v) is 7.37. The van der Waals surface area contributed by atoms with Crippen LogP contribution in [0.1, 0.15) is 65.2 Å². The minimum absolute atomic E-state index is 0.0937. The summed E-state index contributed by atoms with van der Waals surface area (Å²) in [6, 6.07) is 6.81. The topological polar surface area (TPSA) is 20.2 Å². The van der Waals surface area contributed by atoms with E-state index in [-0.39, 0.29) is 17.4 Å². The summed E-state index contributed by atoms with van der Waals surface area (Å²) in [5, 5.41) is 9.08. The van der Waals surface area contributed by atoms with Gasteiger partial charge in [0.05, 0.1) is 6.61 Å². The molecule has 0 amide bonds. The van der Waals surface area contributed by atoms with Crippen molar-refractivity contribution in [3.05, 3.63) is 41.0 Å². The van der Waals surface area contributed by atoms with Crippen LogP contribution in [0.5, 0.6) is 0 Å². The Morgan fingerprint density at radius 2 is 1.37 bits per heavy atom. The molecule has 19 heavy (non-hydrogen) atoms. The first kappa shape index (κ1) is 16.0. The molecule has 0 aliphatic carbocycles. The lowest BCUT2D eigenvalue weighted by atomic mass is 9.79. The minimum Gasteiger partial charge on any atom is -0.392 e. The van der Waals surface area contributed by atoms with Gasteiger partial charge in [-0.15, -0.1) is 0 Å². The van der Waals surface area contributed by atoms with Crippen LogP contribution in [-0.2, 0) is 10.8 Å². The van der Waals surface area contributed by atoms with Crippen molar-refractivity contribution >= 4 is 5.57 Å². The Balaban J connectivity index is 3.46. The monoisotopic (exact) mass is 260 g/mol. The lowest BCUT2D eigenvalue weighted by Gasteiger charge is -2.26. The number of rotatable bonds is 2. The van der Waals surface area contributed by atoms with Crippen LogP contribution < -0.4 is 0 Å². The number of aliphatic hydroxyl groups is 1. The van der Waals surface area contributed by atoms with E-state index in [0.717, 1.165) is 5.57 Å². The Morgan fingerprint density at radius 3 is 1.68 bits per heavy atom. The molecule has 1 rings (SSSR count). The van der Waals surface area contributed by atoms with E-state index in [0.29, 0.717) is 0 Å². The Morgan fingerprint density at radius 1 is 0.947 bits per heavy atom. The Kier molecular flexibility index (Phi) is 4.63. The first-order valence-electron chi connectivity index (χ1n) is 7.00. The fourth-order valence-corrected chi connectivity index (χ4v) is 1.98. The lowest BCUT2D eigenvalue weighted by molar-refractivity contribution is 0.343. The largest absolute Gasteiger partial charge is 0.392 e. The fourth-order valence-electron chi connectivity index (χ4n) is 1.98. The molecule has 1 aromatic carbocycles. The lowest BCUT2D eigenvalue weighted by Crippen LogP contribution is -2.16. The van der Waals surface area contributed by atoms with E-state index >= 15 is 0 Å². The van der Waals surface area contributed by atoms with Crippen LogP contribution in [0.15, 0.2) is 24.3 Å². The molecule has 0 heterocycles. The highest BCUT2D eigenvalue weighted by atomic mass is 16.2. The van der Waals surface area contributed by atoms with Crippen molar-refractivity contribution in [1.82, 2.24) is 0 Å². The smallest absolute Gasteiger partial charge is 0.0618 e. The van der Waals surface area contributed by atoms with Crippen LogP contribution in [0.4, 0.5) is 0 Å². The van der Waals surface area contributed by atoms with Crippen molar-refractivity contribution < 1.29 is 5.11 Å². The summed E-state index contributed by atoms with van der Waals surface area (Å²) < 4.78 is 0. The van der Waals surface area contributed by atoms with Gasteiger partial charge in [0.15, 0.2) is 0 Å². The molecule has 0 spiro atoms. The maximum Gasteiger partial charge on any atom is 0.0618 e. The van der Waals surface area contributed by atoms with Gasteiger partial charge in [0.25, 0.3) is 0 Å². The van der Waals surface area contributed by atoms with Crippen LogP contribution in [0.2, 0.25) is 0 Å². The zero-order valence-corrected chi connectivity index (χ0v) is 13.5. The molecule has 0 aliphatic rings. The molecule has 0 saturated carbocycles. The Hall–Kier alpha value is -1.08. The molecule has 1 N–H and O–H groups in total. The number of benzene rings is 1. The zero-order chi connectivity index (χ0) is 14.8. The third-order valence-corrected chi connectivity index (χ3v) is 3.52. The number of hydrogen-bond donors (Lipinski definition) is 1. The van der Waals surface area contributed by atoms with Crippen LogP contribution in [0, 0.1) is 0 Å².